The fourth-order valence-corrected chi connectivity index (χ4v) is 2.10. The van der Waals surface area contributed by atoms with Gasteiger partial charge in [0, 0.05) is 5.69 Å². The van der Waals surface area contributed by atoms with Crippen LogP contribution in [0.3, 0.4) is 0 Å². The number of hydrogen-bond donors (Lipinski definition) is 1. The lowest BCUT2D eigenvalue weighted by Crippen LogP contribution is -2.47. The summed E-state index contributed by atoms with van der Waals surface area (Å²) >= 11 is 0. The van der Waals surface area contributed by atoms with E-state index >= 15 is 0 Å². The standard InChI is InChI=1S/C14H17N3O2/c1-16-6-5-13-9-17(14(18)10-19-13)12-4-2-3-11(7-12)8-15/h2-4,7,13,16H,5-6,9-10H2,1H3. The number of nitrogens with one attached hydrogen (secondary N) is 1. The van der Waals surface area contributed by atoms with E-state index < -0.39 is 0 Å². The maximum Gasteiger partial charge on any atom is 0.253 e. The van der Waals surface area contributed by atoms with Crippen LogP contribution in [-0.2, 0) is 9.53 Å². The Morgan fingerprint density at radius 2 is 2.42 bits per heavy atom. The van der Waals surface area contributed by atoms with Crippen molar-refractivity contribution in [1.82, 2.24) is 5.32 Å². The van der Waals surface area contributed by atoms with Crippen LogP contribution in [-0.4, -0.2) is 38.8 Å². The molecule has 0 aliphatic carbocycles. The normalized spacial score (nSPS) is 19.3. The maximum atomic E-state index is 11.9. The second-order valence-electron chi connectivity index (χ2n) is 4.49. The summed E-state index contributed by atoms with van der Waals surface area (Å²) in [7, 11) is 1.89. The van der Waals surface area contributed by atoms with Crippen molar-refractivity contribution in [3.63, 3.8) is 0 Å². The van der Waals surface area contributed by atoms with Crippen LogP contribution in [0.2, 0.25) is 0 Å². The van der Waals surface area contributed by atoms with Gasteiger partial charge in [-0.05, 0) is 38.2 Å². The van der Waals surface area contributed by atoms with Gasteiger partial charge in [0.15, 0.2) is 0 Å². The van der Waals surface area contributed by atoms with Crippen LogP contribution in [0.4, 0.5) is 5.69 Å². The van der Waals surface area contributed by atoms with Crippen molar-refractivity contribution in [2.45, 2.75) is 12.5 Å². The maximum absolute atomic E-state index is 11.9. The molecule has 1 amide bonds. The summed E-state index contributed by atoms with van der Waals surface area (Å²) in [5.41, 5.74) is 1.32. The molecule has 1 saturated heterocycles. The molecule has 0 radical (unpaired) electrons. The van der Waals surface area contributed by atoms with E-state index in [2.05, 4.69) is 11.4 Å². The summed E-state index contributed by atoms with van der Waals surface area (Å²) in [5.74, 6) is -0.0594. The van der Waals surface area contributed by atoms with Crippen molar-refractivity contribution >= 4 is 11.6 Å². The molecule has 0 spiro atoms. The Hall–Kier alpha value is -1.90. The van der Waals surface area contributed by atoms with Gasteiger partial charge in [0.05, 0.1) is 24.3 Å². The number of ether oxygens (including phenoxy) is 1. The van der Waals surface area contributed by atoms with Gasteiger partial charge in [-0.1, -0.05) is 6.07 Å². The van der Waals surface area contributed by atoms with E-state index in [1.165, 1.54) is 0 Å². The molecule has 1 unspecified atom stereocenters. The topological polar surface area (TPSA) is 65.4 Å². The minimum Gasteiger partial charge on any atom is -0.366 e. The second kappa shape index (κ2) is 6.32. The number of hydrogen-bond acceptors (Lipinski definition) is 4. The zero-order valence-electron chi connectivity index (χ0n) is 10.9. The highest BCUT2D eigenvalue weighted by molar-refractivity contribution is 5.95. The molecule has 100 valence electrons. The summed E-state index contributed by atoms with van der Waals surface area (Å²) in [6.45, 7) is 1.49. The van der Waals surface area contributed by atoms with Gasteiger partial charge in [-0.2, -0.15) is 5.26 Å². The number of rotatable bonds is 4. The van der Waals surface area contributed by atoms with Gasteiger partial charge >= 0.3 is 0 Å². The Morgan fingerprint density at radius 3 is 3.16 bits per heavy atom. The smallest absolute Gasteiger partial charge is 0.253 e. The lowest BCUT2D eigenvalue weighted by atomic mass is 10.1. The number of amides is 1. The van der Waals surface area contributed by atoms with Gasteiger partial charge < -0.3 is 15.0 Å². The fourth-order valence-electron chi connectivity index (χ4n) is 2.10. The molecule has 0 aromatic heterocycles. The molecular weight excluding hydrogens is 242 g/mol. The Bertz CT molecular complexity index is 496. The number of nitrogens with zero attached hydrogens (tertiary/aromatic N) is 2. The number of benzene rings is 1. The molecule has 1 fully saturated rings. The molecule has 1 heterocycles. The molecule has 1 aliphatic rings. The Labute approximate surface area is 112 Å². The third kappa shape index (κ3) is 3.31. The monoisotopic (exact) mass is 259 g/mol. The van der Waals surface area contributed by atoms with Crippen LogP contribution < -0.4 is 10.2 Å². The van der Waals surface area contributed by atoms with Gasteiger partial charge in [0.2, 0.25) is 0 Å². The molecule has 1 aliphatic heterocycles. The number of nitriles is 1. The zero-order valence-corrected chi connectivity index (χ0v) is 10.9. The predicted molar refractivity (Wildman–Crippen MR) is 71.8 cm³/mol. The van der Waals surface area contributed by atoms with E-state index in [4.69, 9.17) is 10.00 Å². The highest BCUT2D eigenvalue weighted by Gasteiger charge is 2.27. The molecule has 0 bridgehead atoms. The van der Waals surface area contributed by atoms with E-state index in [1.807, 2.05) is 13.1 Å². The number of carbonyl (C=O) groups excluding carboxylic acids is 1. The molecule has 5 nitrogen and oxygen atoms in total. The van der Waals surface area contributed by atoms with Crippen molar-refractivity contribution in [3.8, 4) is 6.07 Å². The second-order valence-corrected chi connectivity index (χ2v) is 4.49. The molecule has 5 heteroatoms. The SMILES string of the molecule is CNCCC1CN(c2cccc(C#N)c2)C(=O)CO1. The minimum atomic E-state index is -0.0594. The van der Waals surface area contributed by atoms with E-state index in [9.17, 15) is 4.79 Å². The van der Waals surface area contributed by atoms with Crippen molar-refractivity contribution in [2.24, 2.45) is 0 Å². The van der Waals surface area contributed by atoms with E-state index in [-0.39, 0.29) is 18.6 Å². The molecule has 19 heavy (non-hydrogen) atoms. The highest BCUT2D eigenvalue weighted by Crippen LogP contribution is 2.20. The summed E-state index contributed by atoms with van der Waals surface area (Å²) in [4.78, 5) is 13.6. The summed E-state index contributed by atoms with van der Waals surface area (Å²) in [5, 5.41) is 12.0. The van der Waals surface area contributed by atoms with Crippen LogP contribution in [0.5, 0.6) is 0 Å². The molecule has 1 aromatic carbocycles. The third-order valence-corrected chi connectivity index (χ3v) is 3.13. The number of morpholine rings is 1. The average molecular weight is 259 g/mol. The van der Waals surface area contributed by atoms with Crippen molar-refractivity contribution in [1.29, 1.82) is 5.26 Å². The molecule has 0 saturated carbocycles. The quantitative estimate of drug-likeness (QED) is 0.872. The molecule has 1 atom stereocenters. The summed E-state index contributed by atoms with van der Waals surface area (Å²) in [6, 6.07) is 9.19. The predicted octanol–water partition coefficient (Wildman–Crippen LogP) is 0.900. The fraction of sp³-hybridized carbons (Fsp3) is 0.429. The average Bonchev–Trinajstić information content (AvgIpc) is 2.46. The lowest BCUT2D eigenvalue weighted by molar-refractivity contribution is -0.129. The first kappa shape index (κ1) is 13.5. The van der Waals surface area contributed by atoms with Crippen molar-refractivity contribution in [3.05, 3.63) is 29.8 Å². The summed E-state index contributed by atoms with van der Waals surface area (Å²) in [6.07, 6.45) is 0.897. The molecular formula is C14H17N3O2. The van der Waals surface area contributed by atoms with E-state index in [0.717, 1.165) is 18.7 Å². The van der Waals surface area contributed by atoms with Crippen LogP contribution >= 0.6 is 0 Å². The Kier molecular flexibility index (Phi) is 4.50. The van der Waals surface area contributed by atoms with Gasteiger partial charge in [-0.15, -0.1) is 0 Å². The van der Waals surface area contributed by atoms with Crippen molar-refractivity contribution in [2.75, 3.05) is 31.6 Å². The molecule has 1 N–H and O–H groups in total. The van der Waals surface area contributed by atoms with Gasteiger partial charge in [0.1, 0.15) is 6.61 Å². The van der Waals surface area contributed by atoms with Gasteiger partial charge in [0.25, 0.3) is 5.91 Å². The Balaban J connectivity index is 2.12. The van der Waals surface area contributed by atoms with Crippen molar-refractivity contribution < 1.29 is 9.53 Å². The molecule has 2 rings (SSSR count). The lowest BCUT2D eigenvalue weighted by Gasteiger charge is -2.32. The number of carbonyl (C=O) groups is 1. The van der Waals surface area contributed by atoms with Crippen LogP contribution in [0, 0.1) is 11.3 Å². The summed E-state index contributed by atoms with van der Waals surface area (Å²) < 4.78 is 5.50. The van der Waals surface area contributed by atoms with Gasteiger partial charge in [-0.3, -0.25) is 4.79 Å². The Morgan fingerprint density at radius 1 is 1.58 bits per heavy atom. The third-order valence-electron chi connectivity index (χ3n) is 3.13. The van der Waals surface area contributed by atoms with Crippen LogP contribution in [0.15, 0.2) is 24.3 Å². The first-order valence-electron chi connectivity index (χ1n) is 6.31. The van der Waals surface area contributed by atoms with Gasteiger partial charge in [-0.25, -0.2) is 0 Å². The zero-order chi connectivity index (χ0) is 13.7. The largest absolute Gasteiger partial charge is 0.366 e. The molecule has 1 aromatic rings. The van der Waals surface area contributed by atoms with Crippen LogP contribution in [0.1, 0.15) is 12.0 Å². The van der Waals surface area contributed by atoms with Crippen LogP contribution in [0.25, 0.3) is 0 Å². The van der Waals surface area contributed by atoms with E-state index in [0.29, 0.717) is 12.1 Å². The highest BCUT2D eigenvalue weighted by atomic mass is 16.5. The van der Waals surface area contributed by atoms with E-state index in [1.54, 1.807) is 23.1 Å². The first-order valence-corrected chi connectivity index (χ1v) is 6.31. The minimum absolute atomic E-state index is 0.0379. The number of anilines is 1. The first-order chi connectivity index (χ1) is 9.24.